The number of aromatic nitrogens is 3. The summed E-state index contributed by atoms with van der Waals surface area (Å²) in [6, 6.07) is 5.99. The lowest BCUT2D eigenvalue weighted by molar-refractivity contribution is 0.0509. The molecule has 1 aliphatic heterocycles. The topological polar surface area (TPSA) is 92.3 Å². The summed E-state index contributed by atoms with van der Waals surface area (Å²) in [5.41, 5.74) is 4.00. The van der Waals surface area contributed by atoms with Gasteiger partial charge in [-0.25, -0.2) is 4.79 Å². The maximum absolute atomic E-state index is 12.1. The average molecular weight is 455 g/mol. The fraction of sp³-hybridized carbons (Fsp3) is 0.391. The Balaban J connectivity index is 1.44. The van der Waals surface area contributed by atoms with Gasteiger partial charge in [0, 0.05) is 38.2 Å². The van der Waals surface area contributed by atoms with Crippen LogP contribution < -0.4 is 15.5 Å². The van der Waals surface area contributed by atoms with Gasteiger partial charge in [-0.1, -0.05) is 17.7 Å². The number of alkyl carbamates (subject to hydrolysis) is 1. The first-order valence-electron chi connectivity index (χ1n) is 10.6. The van der Waals surface area contributed by atoms with Gasteiger partial charge in [0.1, 0.15) is 5.60 Å². The molecule has 1 atom stereocenters. The van der Waals surface area contributed by atoms with Gasteiger partial charge in [0.25, 0.3) is 0 Å². The molecule has 1 aromatic carbocycles. The van der Waals surface area contributed by atoms with Crippen LogP contribution in [0.3, 0.4) is 0 Å². The lowest BCUT2D eigenvalue weighted by Crippen LogP contribution is -2.40. The molecular weight excluding hydrogens is 428 g/mol. The zero-order valence-electron chi connectivity index (χ0n) is 18.4. The zero-order valence-corrected chi connectivity index (χ0v) is 19.2. The second kappa shape index (κ2) is 9.16. The van der Waals surface area contributed by atoms with Crippen LogP contribution in [0.15, 0.2) is 43.0 Å². The Morgan fingerprint density at radius 1 is 1.22 bits per heavy atom. The Hall–Kier alpha value is -3.13. The predicted octanol–water partition coefficient (Wildman–Crippen LogP) is 4.39. The second-order valence-corrected chi connectivity index (χ2v) is 9.24. The normalized spacial score (nSPS) is 16.2. The fourth-order valence-electron chi connectivity index (χ4n) is 3.75. The van der Waals surface area contributed by atoms with Gasteiger partial charge in [-0.15, -0.1) is 0 Å². The Morgan fingerprint density at radius 2 is 2.00 bits per heavy atom. The molecule has 32 heavy (non-hydrogen) atoms. The Kier molecular flexibility index (Phi) is 6.32. The molecule has 2 N–H and O–H groups in total. The fourth-order valence-corrected chi connectivity index (χ4v) is 4.03. The number of nitrogens with one attached hydrogen (secondary N) is 2. The summed E-state index contributed by atoms with van der Waals surface area (Å²) in [6.45, 7) is 7.56. The lowest BCUT2D eigenvalue weighted by Gasteiger charge is -2.24. The van der Waals surface area contributed by atoms with Crippen molar-refractivity contribution in [3.63, 3.8) is 0 Å². The van der Waals surface area contributed by atoms with Crippen LogP contribution in [0.1, 0.15) is 32.8 Å². The molecule has 4 rings (SSSR count). The maximum Gasteiger partial charge on any atom is 0.407 e. The van der Waals surface area contributed by atoms with Crippen molar-refractivity contribution >= 4 is 40.1 Å². The van der Waals surface area contributed by atoms with Crippen LogP contribution in [0.25, 0.3) is 11.0 Å². The van der Waals surface area contributed by atoms with Crippen LogP contribution in [-0.4, -0.2) is 45.8 Å². The lowest BCUT2D eigenvalue weighted by atomic mass is 10.2. The van der Waals surface area contributed by atoms with Crippen molar-refractivity contribution in [2.75, 3.05) is 23.3 Å². The van der Waals surface area contributed by atoms with Crippen molar-refractivity contribution < 1.29 is 9.53 Å². The summed E-state index contributed by atoms with van der Waals surface area (Å²) in [7, 11) is 0. The molecule has 0 bridgehead atoms. The van der Waals surface area contributed by atoms with Gasteiger partial charge in [0.2, 0.25) is 0 Å². The minimum Gasteiger partial charge on any atom is -0.444 e. The van der Waals surface area contributed by atoms with Gasteiger partial charge in [-0.3, -0.25) is 15.0 Å². The van der Waals surface area contributed by atoms with Crippen LogP contribution >= 0.6 is 11.6 Å². The first-order chi connectivity index (χ1) is 15.3. The smallest absolute Gasteiger partial charge is 0.407 e. The average Bonchev–Trinajstić information content (AvgIpc) is 3.18. The van der Waals surface area contributed by atoms with Crippen molar-refractivity contribution in [1.29, 1.82) is 0 Å². The molecule has 168 valence electrons. The predicted molar refractivity (Wildman–Crippen MR) is 126 cm³/mol. The molecule has 0 spiro atoms. The largest absolute Gasteiger partial charge is 0.444 e. The molecule has 0 aliphatic carbocycles. The van der Waals surface area contributed by atoms with Gasteiger partial charge in [0.05, 0.1) is 39.7 Å². The van der Waals surface area contributed by atoms with E-state index in [-0.39, 0.29) is 6.04 Å². The number of hydrogen-bond acceptors (Lipinski definition) is 7. The highest BCUT2D eigenvalue weighted by Gasteiger charge is 2.28. The first-order valence-corrected chi connectivity index (χ1v) is 11.0. The third-order valence-corrected chi connectivity index (χ3v) is 5.39. The van der Waals surface area contributed by atoms with E-state index in [1.807, 2.05) is 39.0 Å². The summed E-state index contributed by atoms with van der Waals surface area (Å²) in [5.74, 6) is 0. The van der Waals surface area contributed by atoms with Gasteiger partial charge >= 0.3 is 6.09 Å². The number of halogens is 1. The highest BCUT2D eigenvalue weighted by atomic mass is 35.5. The molecule has 2 aromatic heterocycles. The van der Waals surface area contributed by atoms with Gasteiger partial charge in [-0.05, 0) is 44.9 Å². The van der Waals surface area contributed by atoms with E-state index < -0.39 is 11.7 Å². The quantitative estimate of drug-likeness (QED) is 0.590. The van der Waals surface area contributed by atoms with Crippen LogP contribution in [0.4, 0.5) is 16.2 Å². The molecule has 1 amide bonds. The third kappa shape index (κ3) is 5.37. The number of pyridine rings is 1. The van der Waals surface area contributed by atoms with E-state index in [2.05, 4.69) is 30.5 Å². The SMILES string of the molecule is CC(C)(C)OC(=O)N[C@H]1CCN(c2c(Cl)cncc2NCc2ccc3nccnc3c2)C1. The summed E-state index contributed by atoms with van der Waals surface area (Å²) < 4.78 is 5.38. The van der Waals surface area contributed by atoms with E-state index in [0.29, 0.717) is 18.1 Å². The minimum atomic E-state index is -0.526. The summed E-state index contributed by atoms with van der Waals surface area (Å²) in [6.07, 6.45) is 7.20. The van der Waals surface area contributed by atoms with Crippen LogP contribution in [0, 0.1) is 0 Å². The Bertz CT molecular complexity index is 1120. The number of hydrogen-bond donors (Lipinski definition) is 2. The third-order valence-electron chi connectivity index (χ3n) is 5.11. The number of carbonyl (C=O) groups is 1. The molecule has 1 aliphatic rings. The first kappa shape index (κ1) is 22.1. The molecular formula is C23H27ClN6O2. The second-order valence-electron chi connectivity index (χ2n) is 8.83. The summed E-state index contributed by atoms with van der Waals surface area (Å²) in [4.78, 5) is 27.2. The summed E-state index contributed by atoms with van der Waals surface area (Å²) in [5, 5.41) is 6.97. The van der Waals surface area contributed by atoms with Gasteiger partial charge in [0.15, 0.2) is 0 Å². The van der Waals surface area contributed by atoms with E-state index >= 15 is 0 Å². The van der Waals surface area contributed by atoms with Gasteiger partial charge in [-0.2, -0.15) is 0 Å². The van der Waals surface area contributed by atoms with Crippen molar-refractivity contribution in [3.8, 4) is 0 Å². The molecule has 9 heteroatoms. The number of carbonyl (C=O) groups excluding carboxylic acids is 1. The maximum atomic E-state index is 12.1. The molecule has 1 fully saturated rings. The van der Waals surface area contributed by atoms with E-state index in [1.165, 1.54) is 0 Å². The standard InChI is InChI=1S/C23H27ClN6O2/c1-23(2,3)32-22(31)29-16-6-9-30(14-16)21-17(24)12-25-13-20(21)28-11-15-4-5-18-19(10-15)27-8-7-26-18/h4-5,7-8,10,12-13,16,28H,6,9,11,14H2,1-3H3,(H,29,31)/t16-/m0/s1. The van der Waals surface area contributed by atoms with Crippen molar-refractivity contribution in [1.82, 2.24) is 20.3 Å². The molecule has 8 nitrogen and oxygen atoms in total. The van der Waals surface area contributed by atoms with Gasteiger partial charge < -0.3 is 20.3 Å². The highest BCUT2D eigenvalue weighted by Crippen LogP contribution is 2.35. The van der Waals surface area contributed by atoms with Crippen molar-refractivity contribution in [3.05, 3.63) is 53.6 Å². The molecule has 0 unspecified atom stereocenters. The van der Waals surface area contributed by atoms with Crippen LogP contribution in [0.5, 0.6) is 0 Å². The number of nitrogens with zero attached hydrogens (tertiary/aromatic N) is 4. The number of rotatable bonds is 5. The zero-order chi connectivity index (χ0) is 22.7. The van der Waals surface area contributed by atoms with E-state index in [0.717, 1.165) is 40.9 Å². The highest BCUT2D eigenvalue weighted by molar-refractivity contribution is 6.33. The van der Waals surface area contributed by atoms with Crippen LogP contribution in [0.2, 0.25) is 5.02 Å². The monoisotopic (exact) mass is 454 g/mol. The number of amides is 1. The van der Waals surface area contributed by atoms with Crippen molar-refractivity contribution in [2.24, 2.45) is 0 Å². The summed E-state index contributed by atoms with van der Waals surface area (Å²) >= 11 is 6.54. The van der Waals surface area contributed by atoms with E-state index in [4.69, 9.17) is 16.3 Å². The number of fused-ring (bicyclic) bond motifs is 1. The molecule has 0 radical (unpaired) electrons. The minimum absolute atomic E-state index is 0.0130. The Morgan fingerprint density at radius 3 is 2.78 bits per heavy atom. The molecule has 3 heterocycles. The number of ether oxygens (including phenoxy) is 1. The molecule has 0 saturated carbocycles. The van der Waals surface area contributed by atoms with E-state index in [9.17, 15) is 4.79 Å². The number of anilines is 2. The number of benzene rings is 1. The molecule has 1 saturated heterocycles. The van der Waals surface area contributed by atoms with Crippen LogP contribution in [-0.2, 0) is 11.3 Å². The molecule has 3 aromatic rings. The van der Waals surface area contributed by atoms with E-state index in [1.54, 1.807) is 24.8 Å². The van der Waals surface area contributed by atoms with Crippen molar-refractivity contribution in [2.45, 2.75) is 45.4 Å². The Labute approximate surface area is 192 Å².